The lowest BCUT2D eigenvalue weighted by molar-refractivity contribution is -0.385. The molecule has 1 aromatic heterocycles. The average Bonchev–Trinajstić information content (AvgIpc) is 2.70. The highest BCUT2D eigenvalue weighted by molar-refractivity contribution is 9.11. The molecule has 0 unspecified atom stereocenters. The Balaban J connectivity index is 1.79. The molecule has 2 aromatic carbocycles. The van der Waals surface area contributed by atoms with Crippen molar-refractivity contribution in [1.29, 1.82) is 0 Å². The molecule has 0 fully saturated rings. The molecule has 0 aliphatic carbocycles. The summed E-state index contributed by atoms with van der Waals surface area (Å²) in [5.74, 6) is -0.396. The maximum absolute atomic E-state index is 12.5. The van der Waals surface area contributed by atoms with Crippen LogP contribution < -0.4 is 4.74 Å². The van der Waals surface area contributed by atoms with Crippen LogP contribution in [0, 0.1) is 10.1 Å². The molecule has 0 radical (unpaired) electrons. The zero-order valence-corrected chi connectivity index (χ0v) is 17.9. The lowest BCUT2D eigenvalue weighted by Gasteiger charge is -2.09. The van der Waals surface area contributed by atoms with Crippen LogP contribution in [0.1, 0.15) is 22.8 Å². The van der Waals surface area contributed by atoms with E-state index in [1.807, 2.05) is 18.3 Å². The number of rotatable bonds is 5. The Bertz CT molecular complexity index is 1010. The number of nitrogens with zero attached hydrogens (tertiary/aromatic N) is 2. The van der Waals surface area contributed by atoms with E-state index in [1.165, 1.54) is 12.1 Å². The van der Waals surface area contributed by atoms with Crippen molar-refractivity contribution >= 4 is 43.5 Å². The topological polar surface area (TPSA) is 82.3 Å². The minimum absolute atomic E-state index is 0.121. The number of carbonyl (C=O) groups is 1. The second kappa shape index (κ2) is 8.62. The molecule has 0 aliphatic rings. The van der Waals surface area contributed by atoms with Gasteiger partial charge in [0.15, 0.2) is 5.75 Å². The summed E-state index contributed by atoms with van der Waals surface area (Å²) in [6.07, 6.45) is 2.76. The first kappa shape index (κ1) is 20.2. The van der Waals surface area contributed by atoms with E-state index in [-0.39, 0.29) is 11.4 Å². The standard InChI is InChI=1S/C20H14Br2N2O4/c1-2-12-3-8-18(23-11-12)13-4-6-14(7-5-13)20(25)28-19-16(21)9-15(24(26)27)10-17(19)22/h3-11H,2H2,1H3. The van der Waals surface area contributed by atoms with Gasteiger partial charge in [-0.3, -0.25) is 15.1 Å². The number of aryl methyl sites for hydroxylation is 1. The molecule has 28 heavy (non-hydrogen) atoms. The fourth-order valence-corrected chi connectivity index (χ4v) is 3.81. The van der Waals surface area contributed by atoms with Crippen molar-refractivity contribution in [1.82, 2.24) is 4.98 Å². The Hall–Kier alpha value is -2.58. The number of carbonyl (C=O) groups excluding carboxylic acids is 1. The van der Waals surface area contributed by atoms with Gasteiger partial charge >= 0.3 is 5.97 Å². The molecule has 6 nitrogen and oxygen atoms in total. The summed E-state index contributed by atoms with van der Waals surface area (Å²) >= 11 is 6.40. The van der Waals surface area contributed by atoms with Crippen molar-refractivity contribution in [2.45, 2.75) is 13.3 Å². The van der Waals surface area contributed by atoms with Crippen LogP contribution in [0.4, 0.5) is 5.69 Å². The predicted octanol–water partition coefficient (Wildman–Crippen LogP) is 5.96. The molecule has 0 N–H and O–H groups in total. The minimum Gasteiger partial charge on any atom is -0.420 e. The van der Waals surface area contributed by atoms with E-state index >= 15 is 0 Å². The number of esters is 1. The number of nitro groups is 1. The summed E-state index contributed by atoms with van der Waals surface area (Å²) in [6, 6.07) is 13.4. The number of nitro benzene ring substituents is 1. The van der Waals surface area contributed by atoms with Crippen molar-refractivity contribution < 1.29 is 14.5 Å². The number of ether oxygens (including phenoxy) is 1. The summed E-state index contributed by atoms with van der Waals surface area (Å²) in [7, 11) is 0. The Kier molecular flexibility index (Phi) is 6.21. The molecule has 0 bridgehead atoms. The van der Waals surface area contributed by atoms with Crippen LogP contribution in [0.3, 0.4) is 0 Å². The van der Waals surface area contributed by atoms with Crippen molar-refractivity contribution in [2.75, 3.05) is 0 Å². The molecule has 0 spiro atoms. The SMILES string of the molecule is CCc1ccc(-c2ccc(C(=O)Oc3c(Br)cc([N+](=O)[O-])cc3Br)cc2)nc1. The first-order valence-electron chi connectivity index (χ1n) is 8.30. The van der Waals surface area contributed by atoms with Crippen LogP contribution in [-0.4, -0.2) is 15.9 Å². The van der Waals surface area contributed by atoms with E-state index in [1.54, 1.807) is 24.3 Å². The smallest absolute Gasteiger partial charge is 0.343 e. The van der Waals surface area contributed by atoms with E-state index in [2.05, 4.69) is 43.8 Å². The van der Waals surface area contributed by atoms with Crippen LogP contribution in [0.25, 0.3) is 11.3 Å². The predicted molar refractivity (Wildman–Crippen MR) is 113 cm³/mol. The van der Waals surface area contributed by atoms with E-state index in [0.717, 1.165) is 23.2 Å². The molecule has 0 amide bonds. The van der Waals surface area contributed by atoms with Gasteiger partial charge in [0.2, 0.25) is 0 Å². The van der Waals surface area contributed by atoms with Crippen molar-refractivity contribution in [3.05, 3.63) is 84.9 Å². The third-order valence-corrected chi connectivity index (χ3v) is 5.22. The molecular formula is C20H14Br2N2O4. The van der Waals surface area contributed by atoms with Gasteiger partial charge in [-0.1, -0.05) is 25.1 Å². The Morgan fingerprint density at radius 1 is 1.11 bits per heavy atom. The first-order valence-corrected chi connectivity index (χ1v) is 9.88. The van der Waals surface area contributed by atoms with Crippen LogP contribution in [0.2, 0.25) is 0 Å². The second-order valence-electron chi connectivity index (χ2n) is 5.87. The summed E-state index contributed by atoms with van der Waals surface area (Å²) in [4.78, 5) is 27.2. The highest BCUT2D eigenvalue weighted by Gasteiger charge is 2.18. The van der Waals surface area contributed by atoms with Crippen LogP contribution >= 0.6 is 31.9 Å². The van der Waals surface area contributed by atoms with Gasteiger partial charge in [0.25, 0.3) is 5.69 Å². The Morgan fingerprint density at radius 3 is 2.25 bits per heavy atom. The molecule has 0 aliphatic heterocycles. The normalized spacial score (nSPS) is 10.5. The van der Waals surface area contributed by atoms with Crippen LogP contribution in [-0.2, 0) is 6.42 Å². The fourth-order valence-electron chi connectivity index (χ4n) is 2.48. The van der Waals surface area contributed by atoms with Gasteiger partial charge in [0.1, 0.15) is 0 Å². The Labute approximate surface area is 178 Å². The van der Waals surface area contributed by atoms with Crippen molar-refractivity contribution in [2.24, 2.45) is 0 Å². The highest BCUT2D eigenvalue weighted by atomic mass is 79.9. The number of hydrogen-bond acceptors (Lipinski definition) is 5. The van der Waals surface area contributed by atoms with E-state index in [9.17, 15) is 14.9 Å². The number of hydrogen-bond donors (Lipinski definition) is 0. The largest absolute Gasteiger partial charge is 0.420 e. The van der Waals surface area contributed by atoms with Crippen LogP contribution in [0.5, 0.6) is 5.75 Å². The maximum Gasteiger partial charge on any atom is 0.343 e. The van der Waals surface area contributed by atoms with Gasteiger partial charge < -0.3 is 4.74 Å². The van der Waals surface area contributed by atoms with E-state index < -0.39 is 10.9 Å². The molecule has 8 heteroatoms. The number of pyridine rings is 1. The number of aromatic nitrogens is 1. The van der Waals surface area contributed by atoms with Gasteiger partial charge in [-0.25, -0.2) is 4.79 Å². The Morgan fingerprint density at radius 2 is 1.75 bits per heavy atom. The summed E-state index contributed by atoms with van der Waals surface area (Å²) in [5.41, 5.74) is 3.09. The molecule has 0 atom stereocenters. The highest BCUT2D eigenvalue weighted by Crippen LogP contribution is 2.37. The second-order valence-corrected chi connectivity index (χ2v) is 7.58. The first-order chi connectivity index (χ1) is 13.4. The fraction of sp³-hybridized carbons (Fsp3) is 0.100. The zero-order chi connectivity index (χ0) is 20.3. The van der Waals surface area contributed by atoms with Gasteiger partial charge in [0, 0.05) is 23.9 Å². The minimum atomic E-state index is -0.573. The van der Waals surface area contributed by atoms with Crippen molar-refractivity contribution in [3.8, 4) is 17.0 Å². The molecule has 0 saturated carbocycles. The third kappa shape index (κ3) is 4.45. The maximum atomic E-state index is 12.5. The van der Waals surface area contributed by atoms with Gasteiger partial charge in [0.05, 0.1) is 25.1 Å². The van der Waals surface area contributed by atoms with Gasteiger partial charge in [-0.15, -0.1) is 0 Å². The number of benzene rings is 2. The molecule has 3 aromatic rings. The lowest BCUT2D eigenvalue weighted by Crippen LogP contribution is -2.09. The quantitative estimate of drug-likeness (QED) is 0.185. The zero-order valence-electron chi connectivity index (χ0n) is 14.7. The summed E-state index contributed by atoms with van der Waals surface area (Å²) in [6.45, 7) is 2.07. The molecular weight excluding hydrogens is 492 g/mol. The summed E-state index contributed by atoms with van der Waals surface area (Å²) < 4.78 is 6.01. The van der Waals surface area contributed by atoms with Gasteiger partial charge in [-0.2, -0.15) is 0 Å². The number of halogens is 2. The monoisotopic (exact) mass is 504 g/mol. The average molecular weight is 506 g/mol. The van der Waals surface area contributed by atoms with E-state index in [4.69, 9.17) is 4.74 Å². The molecule has 3 rings (SSSR count). The lowest BCUT2D eigenvalue weighted by atomic mass is 10.1. The van der Waals surface area contributed by atoms with Crippen molar-refractivity contribution in [3.63, 3.8) is 0 Å². The van der Waals surface area contributed by atoms with E-state index in [0.29, 0.717) is 14.5 Å². The number of non-ortho nitro benzene ring substituents is 1. The van der Waals surface area contributed by atoms with Gasteiger partial charge in [-0.05, 0) is 62.0 Å². The van der Waals surface area contributed by atoms with Crippen LogP contribution in [0.15, 0.2) is 63.7 Å². The summed E-state index contributed by atoms with van der Waals surface area (Å²) in [5, 5.41) is 10.9. The molecule has 142 valence electrons. The molecule has 0 saturated heterocycles. The third-order valence-electron chi connectivity index (χ3n) is 4.04. The molecule has 1 heterocycles.